The zero-order chi connectivity index (χ0) is 62.2. The van der Waals surface area contributed by atoms with Crippen LogP contribution in [0.25, 0.3) is 43.4 Å². The number of fused-ring (bicyclic) bond motifs is 14. The Hall–Kier alpha value is -7.68. The molecule has 460 valence electrons. The van der Waals surface area contributed by atoms with Gasteiger partial charge in [-0.15, -0.1) is 68.0 Å². The highest BCUT2D eigenvalue weighted by atomic mass is 32.1. The van der Waals surface area contributed by atoms with Gasteiger partial charge in [0.15, 0.2) is 5.78 Å². The van der Waals surface area contributed by atoms with E-state index in [4.69, 9.17) is 39.4 Å². The molecule has 2 aliphatic rings. The second kappa shape index (κ2) is 28.6. The van der Waals surface area contributed by atoms with Crippen LogP contribution in [0, 0.1) is 12.8 Å². The number of carbonyl (C=O) groups excluding carboxylic acids is 7. The molecule has 7 aromatic heterocycles. The van der Waals surface area contributed by atoms with Crippen molar-refractivity contribution in [3.05, 3.63) is 111 Å². The summed E-state index contributed by atoms with van der Waals surface area (Å²) < 4.78 is 10.9. The number of aliphatic hydroxyl groups is 1. The average molecular weight is 1310 g/mol. The maximum absolute atomic E-state index is 14.4. The van der Waals surface area contributed by atoms with E-state index in [0.29, 0.717) is 93.2 Å². The van der Waals surface area contributed by atoms with Gasteiger partial charge in [0.1, 0.15) is 77.2 Å². The summed E-state index contributed by atoms with van der Waals surface area (Å²) in [5, 5.41) is 35.0. The van der Waals surface area contributed by atoms with Crippen molar-refractivity contribution < 1.29 is 48.1 Å². The summed E-state index contributed by atoms with van der Waals surface area (Å²) in [6.07, 6.45) is -1.62. The van der Waals surface area contributed by atoms with Gasteiger partial charge >= 0.3 is 6.09 Å². The van der Waals surface area contributed by atoms with Gasteiger partial charge in [0.05, 0.1) is 47.8 Å². The lowest BCUT2D eigenvalue weighted by molar-refractivity contribution is -0.133. The van der Waals surface area contributed by atoms with Gasteiger partial charge in [-0.25, -0.2) is 39.7 Å². The molecule has 2 aliphatic heterocycles. The predicted octanol–water partition coefficient (Wildman–Crippen LogP) is 8.30. The molecule has 10 rings (SSSR count). The number of methoxy groups -OCH3 is 1. The zero-order valence-corrected chi connectivity index (χ0v) is 53.5. The fourth-order valence-electron chi connectivity index (χ4n) is 9.64. The number of hydrogen-bond acceptors (Lipinski definition) is 24. The highest BCUT2D eigenvalue weighted by molar-refractivity contribution is 7.15. The van der Waals surface area contributed by atoms with E-state index in [1.54, 1.807) is 70.9 Å². The van der Waals surface area contributed by atoms with E-state index in [1.807, 2.05) is 25.8 Å². The standard InChI is InChI=1S/C58H62N14O10S6/c1-29(2)33-21-39(73)45-30(3)87-56(69-45)35(22-42(74)59-4)62-50(78)37-26-83-52(64-37)32-14-15-34(54-66-41(28-86-54)67-58(80)82-20-10-13-44(76)72-18-16-71(5)17-19-72)61-46(32)36-25-84-55(63-36)38-27-85-57(65-38)48(49(77)31-11-8-7-9-12-31)68-43(75)23-60-51(79)47-40(24-81-6)88-53(33)70-47/h7-9,11-12,14-15,25-29,33,35,48-49,77H,10,13,16-24H2,1-6H3,(H,59,74)(H,60,79)(H,62,78)(H,67,80)(H,68,75)/t33-,35-,48-,49-/m0/s1. The molecule has 1 aromatic carbocycles. The number of benzene rings is 1. The Labute approximate surface area is 529 Å². The Bertz CT molecular complexity index is 3850. The van der Waals surface area contributed by atoms with Crippen LogP contribution in [0.1, 0.15) is 125 Å². The number of pyridine rings is 1. The Morgan fingerprint density at radius 1 is 0.750 bits per heavy atom. The number of amides is 6. The Morgan fingerprint density at radius 2 is 1.47 bits per heavy atom. The van der Waals surface area contributed by atoms with Gasteiger partial charge in [0.25, 0.3) is 11.8 Å². The molecule has 30 heteroatoms. The summed E-state index contributed by atoms with van der Waals surface area (Å²) in [5.74, 6) is -2.94. The first-order valence-corrected chi connectivity index (χ1v) is 33.1. The van der Waals surface area contributed by atoms with Crippen molar-refractivity contribution in [2.24, 2.45) is 5.92 Å². The third-order valence-electron chi connectivity index (χ3n) is 14.5. The molecule has 6 amide bonds. The number of thiazole rings is 6. The number of ketones is 1. The van der Waals surface area contributed by atoms with E-state index in [0.717, 1.165) is 13.1 Å². The van der Waals surface area contributed by atoms with Crippen LogP contribution < -0.4 is 26.6 Å². The quantitative estimate of drug-likeness (QED) is 0.0591. The summed E-state index contributed by atoms with van der Waals surface area (Å²) in [4.78, 5) is 134. The third kappa shape index (κ3) is 15.1. The normalized spacial score (nSPS) is 17.4. The molecule has 1 fully saturated rings. The monoisotopic (exact) mass is 1310 g/mol. The number of carbonyl (C=O) groups is 7. The van der Waals surface area contributed by atoms with Crippen molar-refractivity contribution in [1.82, 2.24) is 66.0 Å². The van der Waals surface area contributed by atoms with Crippen LogP contribution in [0.5, 0.6) is 0 Å². The Morgan fingerprint density at radius 3 is 2.23 bits per heavy atom. The van der Waals surface area contributed by atoms with Crippen LogP contribution in [0.3, 0.4) is 0 Å². The fourth-order valence-corrected chi connectivity index (χ4v) is 15.2. The highest BCUT2D eigenvalue weighted by Crippen LogP contribution is 2.41. The van der Waals surface area contributed by atoms with Crippen LogP contribution in [-0.2, 0) is 30.5 Å². The third-order valence-corrected chi connectivity index (χ3v) is 20.2. The predicted molar refractivity (Wildman–Crippen MR) is 337 cm³/mol. The maximum atomic E-state index is 14.4. The zero-order valence-electron chi connectivity index (χ0n) is 48.6. The summed E-state index contributed by atoms with van der Waals surface area (Å²) in [5.41, 5.74) is 2.86. The van der Waals surface area contributed by atoms with Crippen molar-refractivity contribution >= 4 is 115 Å². The molecule has 1 saturated heterocycles. The van der Waals surface area contributed by atoms with Crippen molar-refractivity contribution in [2.45, 2.75) is 77.2 Å². The summed E-state index contributed by atoms with van der Waals surface area (Å²) in [6.45, 7) is 8.16. The van der Waals surface area contributed by atoms with Crippen LogP contribution >= 0.6 is 68.0 Å². The van der Waals surface area contributed by atoms with Crippen LogP contribution in [-0.4, -0.2) is 152 Å². The van der Waals surface area contributed by atoms with Crippen molar-refractivity contribution in [1.29, 1.82) is 0 Å². The SMILES string of the molecule is CNC(=O)C[C@@H]1NC(=O)c2csc(n2)-c2ccc(-c3nc(NC(=O)OCCCC(=O)N4CCN(C)CC4)cs3)nc2-c2csc(n2)-c2csc(n2)[C@H]([C@@H](O)c2ccccc2)NC(=O)CNC(=O)c2nc(sc2COC)[C@H](C(C)C)CC(=O)c2nc1sc2C. The van der Waals surface area contributed by atoms with E-state index in [2.05, 4.69) is 36.5 Å². The smallest absolute Gasteiger partial charge is 0.412 e. The number of aromatic nitrogens is 7. The van der Waals surface area contributed by atoms with E-state index >= 15 is 0 Å². The Kier molecular flexibility index (Phi) is 20.6. The molecule has 10 bridgehead atoms. The molecule has 4 atom stereocenters. The first-order chi connectivity index (χ1) is 42.4. The van der Waals surface area contributed by atoms with Gasteiger partial charge in [0, 0.05) is 91.1 Å². The van der Waals surface area contributed by atoms with E-state index < -0.39 is 54.5 Å². The first-order valence-electron chi connectivity index (χ1n) is 28.0. The number of nitrogens with one attached hydrogen (secondary N) is 5. The number of nitrogens with zero attached hydrogens (tertiary/aromatic N) is 9. The lowest BCUT2D eigenvalue weighted by Gasteiger charge is -2.32. The second-order valence-electron chi connectivity index (χ2n) is 21.0. The number of hydrogen-bond donors (Lipinski definition) is 6. The van der Waals surface area contributed by atoms with Crippen LogP contribution in [0.15, 0.2) is 64.0 Å². The first kappa shape index (κ1) is 63.3. The topological polar surface area (TPSA) is 315 Å². The van der Waals surface area contributed by atoms with Crippen molar-refractivity contribution in [2.75, 3.05) is 65.9 Å². The summed E-state index contributed by atoms with van der Waals surface area (Å²) >= 11 is 7.28. The van der Waals surface area contributed by atoms with E-state index in [9.17, 15) is 38.7 Å². The largest absolute Gasteiger partial charge is 0.449 e. The Balaban J connectivity index is 0.983. The molecule has 9 heterocycles. The minimum absolute atomic E-state index is 0.0246. The average Bonchev–Trinajstić information content (AvgIpc) is 3.26. The van der Waals surface area contributed by atoms with Gasteiger partial charge < -0.3 is 45.6 Å². The molecule has 8 aromatic rings. The number of anilines is 1. The molecule has 0 aliphatic carbocycles. The number of ether oxygens (including phenoxy) is 2. The van der Waals surface area contributed by atoms with Crippen molar-refractivity contribution in [3.63, 3.8) is 0 Å². The summed E-state index contributed by atoms with van der Waals surface area (Å²) in [6, 6.07) is 10.3. The number of aliphatic hydroxyl groups excluding tert-OH is 1. The number of piperazine rings is 1. The highest BCUT2D eigenvalue weighted by Gasteiger charge is 2.33. The molecule has 0 radical (unpaired) electrons. The van der Waals surface area contributed by atoms with Gasteiger partial charge in [-0.1, -0.05) is 44.2 Å². The fraction of sp³-hybridized carbons (Fsp3) is 0.379. The van der Waals surface area contributed by atoms with Gasteiger partial charge in [-0.3, -0.25) is 34.1 Å². The number of aryl methyl sites for hydroxylation is 1. The number of likely N-dealkylation sites (N-methyl/N-ethyl adjacent to an activating group) is 1. The molecule has 6 N–H and O–H groups in total. The van der Waals surface area contributed by atoms with Gasteiger partial charge in [0.2, 0.25) is 17.7 Å². The van der Waals surface area contributed by atoms with Crippen LogP contribution in [0.4, 0.5) is 10.6 Å². The maximum Gasteiger partial charge on any atom is 0.412 e. The lowest BCUT2D eigenvalue weighted by atomic mass is 9.90. The molecule has 0 spiro atoms. The molecule has 88 heavy (non-hydrogen) atoms. The van der Waals surface area contributed by atoms with Crippen LogP contribution in [0.2, 0.25) is 0 Å². The van der Waals surface area contributed by atoms with E-state index in [-0.39, 0.29) is 78.9 Å². The van der Waals surface area contributed by atoms with E-state index in [1.165, 1.54) is 82.2 Å². The van der Waals surface area contributed by atoms with Gasteiger partial charge in [-0.05, 0) is 44.0 Å². The molecular weight excluding hydrogens is 1250 g/mol. The summed E-state index contributed by atoms with van der Waals surface area (Å²) in [7, 11) is 4.99. The lowest BCUT2D eigenvalue weighted by Crippen LogP contribution is -2.47. The number of Topliss-reactive ketones (excluding diaryl/α,β-unsaturated/α-hetero) is 1. The molecule has 0 saturated carbocycles. The second-order valence-corrected chi connectivity index (χ2v) is 26.8. The minimum atomic E-state index is -1.27. The number of rotatable bonds is 13. The minimum Gasteiger partial charge on any atom is -0.449 e. The van der Waals surface area contributed by atoms with Gasteiger partial charge in [-0.2, -0.15) is 0 Å². The molecule has 0 unspecified atom stereocenters. The molecular formula is C58H62N14O10S6. The van der Waals surface area contributed by atoms with Crippen molar-refractivity contribution in [3.8, 4) is 43.4 Å². The molecule has 24 nitrogen and oxygen atoms in total.